The van der Waals surface area contributed by atoms with E-state index in [2.05, 4.69) is 9.72 Å². The van der Waals surface area contributed by atoms with Crippen molar-refractivity contribution in [1.29, 1.82) is 0 Å². The first-order chi connectivity index (χ1) is 10.5. The zero-order valence-electron chi connectivity index (χ0n) is 12.0. The molecular weight excluding hydrogens is 309 g/mol. The van der Waals surface area contributed by atoms with Crippen LogP contribution in [0.1, 0.15) is 29.8 Å². The summed E-state index contributed by atoms with van der Waals surface area (Å²) in [7, 11) is 0. The van der Waals surface area contributed by atoms with Crippen molar-refractivity contribution in [2.75, 3.05) is 0 Å². The summed E-state index contributed by atoms with van der Waals surface area (Å²) in [6.07, 6.45) is 3.49. The minimum Gasteiger partial charge on any atom is -0.390 e. The second-order valence-electron chi connectivity index (χ2n) is 4.54. The van der Waals surface area contributed by atoms with Crippen molar-refractivity contribution in [2.45, 2.75) is 20.3 Å². The average Bonchev–Trinajstić information content (AvgIpc) is 2.48. The van der Waals surface area contributed by atoms with E-state index in [0.717, 1.165) is 13.0 Å². The number of ether oxygens (including phenoxy) is 1. The fraction of sp³-hybridized carbons (Fsp3) is 0.188. The molecule has 22 heavy (non-hydrogen) atoms. The van der Waals surface area contributed by atoms with E-state index in [9.17, 15) is 14.0 Å². The summed E-state index contributed by atoms with van der Waals surface area (Å²) in [5.74, 6) is -2.35. The van der Waals surface area contributed by atoms with Crippen molar-refractivity contribution in [3.05, 3.63) is 52.6 Å². The zero-order chi connectivity index (χ0) is 16.3. The maximum Gasteiger partial charge on any atom is 0.347 e. The normalized spacial score (nSPS) is 10.4. The van der Waals surface area contributed by atoms with Crippen LogP contribution < -0.4 is 0 Å². The highest BCUT2D eigenvalue weighted by Gasteiger charge is 2.22. The third-order valence-corrected chi connectivity index (χ3v) is 3.52. The predicted octanol–water partition coefficient (Wildman–Crippen LogP) is 3.81. The Morgan fingerprint density at radius 1 is 1.32 bits per heavy atom. The lowest BCUT2D eigenvalue weighted by Crippen LogP contribution is -2.12. The van der Waals surface area contributed by atoms with Crippen LogP contribution in [0.15, 0.2) is 30.6 Å². The van der Waals surface area contributed by atoms with Gasteiger partial charge in [0.15, 0.2) is 0 Å². The molecule has 0 aliphatic rings. The number of carbonyl (C=O) groups is 2. The molecule has 0 spiro atoms. The summed E-state index contributed by atoms with van der Waals surface area (Å²) in [4.78, 5) is 26.6. The second-order valence-corrected chi connectivity index (χ2v) is 4.92. The molecule has 0 aliphatic carbocycles. The van der Waals surface area contributed by atoms with Gasteiger partial charge in [-0.25, -0.2) is 9.18 Å². The largest absolute Gasteiger partial charge is 0.390 e. The first-order valence-corrected chi connectivity index (χ1v) is 6.97. The van der Waals surface area contributed by atoms with Crippen molar-refractivity contribution in [2.24, 2.45) is 0 Å². The minimum atomic E-state index is -0.965. The number of hydrogen-bond acceptors (Lipinski definition) is 4. The summed E-state index contributed by atoms with van der Waals surface area (Å²) in [6, 6.07) is 4.30. The molecule has 0 atom stereocenters. The third-order valence-electron chi connectivity index (χ3n) is 3.09. The summed E-state index contributed by atoms with van der Waals surface area (Å²) in [5.41, 5.74) is 1.24. The molecule has 1 aromatic heterocycles. The van der Waals surface area contributed by atoms with Gasteiger partial charge in [-0.05, 0) is 35.7 Å². The van der Waals surface area contributed by atoms with E-state index in [1.165, 1.54) is 0 Å². The first-order valence-electron chi connectivity index (χ1n) is 6.59. The van der Waals surface area contributed by atoms with E-state index in [-0.39, 0.29) is 10.6 Å². The van der Waals surface area contributed by atoms with Crippen LogP contribution >= 0.6 is 11.6 Å². The Morgan fingerprint density at radius 2 is 1.95 bits per heavy atom. The lowest BCUT2D eigenvalue weighted by molar-refractivity contribution is -0.135. The number of hydrogen-bond donors (Lipinski definition) is 0. The maximum absolute atomic E-state index is 14.5. The molecule has 0 N–H and O–H groups in total. The molecule has 1 aromatic carbocycles. The number of pyridine rings is 1. The molecule has 1 heterocycles. The van der Waals surface area contributed by atoms with Crippen LogP contribution in [0.3, 0.4) is 0 Å². The summed E-state index contributed by atoms with van der Waals surface area (Å²) >= 11 is 6.22. The predicted molar refractivity (Wildman–Crippen MR) is 80.1 cm³/mol. The highest BCUT2D eigenvalue weighted by Crippen LogP contribution is 2.35. The van der Waals surface area contributed by atoms with Crippen molar-refractivity contribution in [3.63, 3.8) is 0 Å². The van der Waals surface area contributed by atoms with E-state index < -0.39 is 17.8 Å². The summed E-state index contributed by atoms with van der Waals surface area (Å²) in [5, 5.41) is 0.0852. The van der Waals surface area contributed by atoms with Gasteiger partial charge in [0.25, 0.3) is 0 Å². The van der Waals surface area contributed by atoms with E-state index in [1.54, 1.807) is 31.5 Å². The smallest absolute Gasteiger partial charge is 0.347 e. The van der Waals surface area contributed by atoms with Crippen molar-refractivity contribution in [1.82, 2.24) is 4.98 Å². The summed E-state index contributed by atoms with van der Waals surface area (Å²) < 4.78 is 19.0. The molecule has 2 rings (SSSR count). The van der Waals surface area contributed by atoms with Gasteiger partial charge in [-0.15, -0.1) is 0 Å². The number of benzene rings is 1. The number of nitrogens with zero attached hydrogens (tertiary/aromatic N) is 1. The Morgan fingerprint density at radius 3 is 2.50 bits per heavy atom. The monoisotopic (exact) mass is 321 g/mol. The molecule has 2 aromatic rings. The number of halogens is 2. The van der Waals surface area contributed by atoms with Crippen LogP contribution in [0.25, 0.3) is 11.1 Å². The van der Waals surface area contributed by atoms with Gasteiger partial charge in [-0.2, -0.15) is 0 Å². The number of rotatable bonds is 3. The van der Waals surface area contributed by atoms with Crippen LogP contribution in [0.5, 0.6) is 0 Å². The van der Waals surface area contributed by atoms with Crippen LogP contribution in [0, 0.1) is 5.82 Å². The average molecular weight is 322 g/mol. The SMILES string of the molecule is CCc1c(Cl)c(C(=O)OC(C)=O)cc(F)c1-c1ccncc1. The van der Waals surface area contributed by atoms with Crippen molar-refractivity contribution in [3.8, 4) is 11.1 Å². The molecule has 0 saturated carbocycles. The Bertz CT molecular complexity index is 732. The Hall–Kier alpha value is -2.27. The van der Waals surface area contributed by atoms with Gasteiger partial charge in [0.05, 0.1) is 10.6 Å². The molecule has 0 radical (unpaired) electrons. The first kappa shape index (κ1) is 16.1. The highest BCUT2D eigenvalue weighted by atomic mass is 35.5. The Balaban J connectivity index is 2.63. The second kappa shape index (κ2) is 6.66. The van der Waals surface area contributed by atoms with Crippen LogP contribution in [0.2, 0.25) is 5.02 Å². The number of esters is 2. The molecule has 114 valence electrons. The fourth-order valence-electron chi connectivity index (χ4n) is 2.18. The lowest BCUT2D eigenvalue weighted by atomic mass is 9.95. The van der Waals surface area contributed by atoms with Gasteiger partial charge in [0, 0.05) is 24.9 Å². The van der Waals surface area contributed by atoms with Gasteiger partial charge >= 0.3 is 11.9 Å². The van der Waals surface area contributed by atoms with Crippen LogP contribution in [0.4, 0.5) is 4.39 Å². The fourth-order valence-corrected chi connectivity index (χ4v) is 2.54. The molecule has 0 aliphatic heterocycles. The van der Waals surface area contributed by atoms with Crippen LogP contribution in [-0.2, 0) is 16.0 Å². The van der Waals surface area contributed by atoms with Gasteiger partial charge in [0.1, 0.15) is 5.82 Å². The molecule has 0 saturated heterocycles. The molecule has 6 heteroatoms. The zero-order valence-corrected chi connectivity index (χ0v) is 12.8. The van der Waals surface area contributed by atoms with E-state index in [0.29, 0.717) is 23.1 Å². The molecule has 4 nitrogen and oxygen atoms in total. The van der Waals surface area contributed by atoms with Gasteiger partial charge in [0.2, 0.25) is 0 Å². The van der Waals surface area contributed by atoms with Gasteiger partial charge < -0.3 is 4.74 Å². The molecule has 0 amide bonds. The van der Waals surface area contributed by atoms with Crippen molar-refractivity contribution < 1.29 is 18.7 Å². The highest BCUT2D eigenvalue weighted by molar-refractivity contribution is 6.35. The molecular formula is C16H13ClFNO3. The molecule has 0 fully saturated rings. The van der Waals surface area contributed by atoms with E-state index >= 15 is 0 Å². The van der Waals surface area contributed by atoms with Crippen molar-refractivity contribution >= 4 is 23.5 Å². The summed E-state index contributed by atoms with van der Waals surface area (Å²) in [6.45, 7) is 2.89. The Kier molecular flexibility index (Phi) is 4.88. The number of aromatic nitrogens is 1. The van der Waals surface area contributed by atoms with Gasteiger partial charge in [-0.1, -0.05) is 18.5 Å². The third kappa shape index (κ3) is 3.14. The molecule has 0 bridgehead atoms. The topological polar surface area (TPSA) is 56.3 Å². The Labute approximate surface area is 131 Å². The van der Waals surface area contributed by atoms with E-state index in [1.807, 2.05) is 0 Å². The quantitative estimate of drug-likeness (QED) is 0.637. The molecule has 0 unspecified atom stereocenters. The maximum atomic E-state index is 14.5. The lowest BCUT2D eigenvalue weighted by Gasteiger charge is -2.14. The number of carbonyl (C=O) groups excluding carboxylic acids is 2. The van der Waals surface area contributed by atoms with E-state index in [4.69, 9.17) is 11.6 Å². The minimum absolute atomic E-state index is 0.0852. The van der Waals surface area contributed by atoms with Gasteiger partial charge in [-0.3, -0.25) is 9.78 Å². The standard InChI is InChI=1S/C16H13ClFNO3/c1-3-11-14(10-4-6-19-7-5-10)13(18)8-12(15(11)17)16(21)22-9(2)20/h4-8H,3H2,1-2H3. The van der Waals surface area contributed by atoms with Crippen LogP contribution in [-0.4, -0.2) is 16.9 Å².